The number of carbonyl (C=O) groups is 2. The normalized spacial score (nSPS) is 14.7. The van der Waals surface area contributed by atoms with Crippen molar-refractivity contribution in [2.75, 3.05) is 7.11 Å². The van der Waals surface area contributed by atoms with Crippen LogP contribution in [-0.4, -0.2) is 18.9 Å². The molecule has 23 heavy (non-hydrogen) atoms. The Bertz CT molecular complexity index is 824. The van der Waals surface area contributed by atoms with Gasteiger partial charge in [0.1, 0.15) is 0 Å². The van der Waals surface area contributed by atoms with Gasteiger partial charge in [0.05, 0.1) is 12.0 Å². The minimum atomic E-state index is -0.411. The second-order valence-corrected chi connectivity index (χ2v) is 6.02. The molecule has 0 amide bonds. The van der Waals surface area contributed by atoms with Gasteiger partial charge in [-0.05, 0) is 35.9 Å². The molecule has 0 atom stereocenters. The molecular weight excluding hydrogens is 312 g/mol. The molecule has 0 spiro atoms. The highest BCUT2D eigenvalue weighted by Crippen LogP contribution is 2.41. The standard InChI is InChI=1S/C18H14O4S/c1-11(19)22-14-8-7-12(9-15(14)21-2)10-17-18(20)13-5-3-4-6-16(13)23-17/h3-10H,1-2H3. The molecule has 4 nitrogen and oxygen atoms in total. The summed E-state index contributed by atoms with van der Waals surface area (Å²) in [5.74, 6) is 0.415. The lowest BCUT2D eigenvalue weighted by Gasteiger charge is -2.08. The lowest BCUT2D eigenvalue weighted by Crippen LogP contribution is -2.03. The van der Waals surface area contributed by atoms with Crippen molar-refractivity contribution in [1.82, 2.24) is 0 Å². The first-order valence-corrected chi connectivity index (χ1v) is 7.80. The maximum atomic E-state index is 12.4. The van der Waals surface area contributed by atoms with E-state index < -0.39 is 5.97 Å². The van der Waals surface area contributed by atoms with Crippen molar-refractivity contribution >= 4 is 29.6 Å². The molecule has 0 unspecified atom stereocenters. The van der Waals surface area contributed by atoms with Crippen molar-refractivity contribution < 1.29 is 19.1 Å². The number of Topliss-reactive ketones (excluding diaryl/α,β-unsaturated/α-hetero) is 1. The molecule has 2 aromatic rings. The summed E-state index contributed by atoms with van der Waals surface area (Å²) in [6.07, 6.45) is 1.81. The van der Waals surface area contributed by atoms with E-state index in [1.54, 1.807) is 18.2 Å². The fourth-order valence-electron chi connectivity index (χ4n) is 2.30. The van der Waals surface area contributed by atoms with Gasteiger partial charge in [0, 0.05) is 17.4 Å². The Kier molecular flexibility index (Phi) is 4.21. The maximum absolute atomic E-state index is 12.4. The number of hydrogen-bond donors (Lipinski definition) is 0. The molecule has 0 aliphatic carbocycles. The number of methoxy groups -OCH3 is 1. The lowest BCUT2D eigenvalue weighted by molar-refractivity contribution is -0.132. The molecule has 0 radical (unpaired) electrons. The zero-order chi connectivity index (χ0) is 16.4. The molecule has 3 rings (SSSR count). The van der Waals surface area contributed by atoms with Gasteiger partial charge < -0.3 is 9.47 Å². The summed E-state index contributed by atoms with van der Waals surface area (Å²) in [7, 11) is 1.50. The van der Waals surface area contributed by atoms with Crippen molar-refractivity contribution in [3.05, 3.63) is 58.5 Å². The molecule has 0 bridgehead atoms. The number of ketones is 1. The van der Waals surface area contributed by atoms with E-state index in [4.69, 9.17) is 9.47 Å². The van der Waals surface area contributed by atoms with Gasteiger partial charge in [-0.15, -0.1) is 0 Å². The van der Waals surface area contributed by atoms with Gasteiger partial charge >= 0.3 is 5.97 Å². The molecule has 1 heterocycles. The van der Waals surface area contributed by atoms with Crippen LogP contribution in [0.2, 0.25) is 0 Å². The van der Waals surface area contributed by atoms with Crippen molar-refractivity contribution in [2.24, 2.45) is 0 Å². The van der Waals surface area contributed by atoms with Crippen LogP contribution in [0.5, 0.6) is 11.5 Å². The Morgan fingerprint density at radius 2 is 1.91 bits per heavy atom. The van der Waals surface area contributed by atoms with Crippen LogP contribution < -0.4 is 9.47 Å². The van der Waals surface area contributed by atoms with E-state index in [-0.39, 0.29) is 5.78 Å². The summed E-state index contributed by atoms with van der Waals surface area (Å²) in [5, 5.41) is 0. The van der Waals surface area contributed by atoms with Crippen molar-refractivity contribution in [1.29, 1.82) is 0 Å². The number of hydrogen-bond acceptors (Lipinski definition) is 5. The van der Waals surface area contributed by atoms with E-state index in [9.17, 15) is 9.59 Å². The van der Waals surface area contributed by atoms with Crippen LogP contribution in [0.15, 0.2) is 52.3 Å². The summed E-state index contributed by atoms with van der Waals surface area (Å²) in [6, 6.07) is 12.7. The molecular formula is C18H14O4S. The fourth-order valence-corrected chi connectivity index (χ4v) is 3.35. The average molecular weight is 326 g/mol. The average Bonchev–Trinajstić information content (AvgIpc) is 2.85. The van der Waals surface area contributed by atoms with Gasteiger partial charge in [0.25, 0.3) is 0 Å². The number of esters is 1. The SMILES string of the molecule is COc1cc(C=C2Sc3ccccc3C2=O)ccc1OC(C)=O. The number of fused-ring (bicyclic) bond motifs is 1. The molecule has 2 aromatic carbocycles. The Morgan fingerprint density at radius 3 is 2.61 bits per heavy atom. The van der Waals surface area contributed by atoms with Crippen LogP contribution in [0.25, 0.3) is 6.08 Å². The van der Waals surface area contributed by atoms with Crippen molar-refractivity contribution in [2.45, 2.75) is 11.8 Å². The largest absolute Gasteiger partial charge is 0.493 e. The molecule has 116 valence electrons. The Hall–Kier alpha value is -2.53. The molecule has 1 aliphatic heterocycles. The van der Waals surface area contributed by atoms with Crippen LogP contribution in [0.3, 0.4) is 0 Å². The lowest BCUT2D eigenvalue weighted by atomic mass is 10.1. The van der Waals surface area contributed by atoms with Crippen LogP contribution in [0, 0.1) is 0 Å². The third-order valence-electron chi connectivity index (χ3n) is 3.31. The quantitative estimate of drug-likeness (QED) is 0.486. The molecule has 0 aromatic heterocycles. The van der Waals surface area contributed by atoms with E-state index in [1.807, 2.05) is 30.3 Å². The predicted molar refractivity (Wildman–Crippen MR) is 88.9 cm³/mol. The minimum Gasteiger partial charge on any atom is -0.493 e. The van der Waals surface area contributed by atoms with Gasteiger partial charge in [0.15, 0.2) is 11.5 Å². The van der Waals surface area contributed by atoms with E-state index in [0.717, 1.165) is 16.0 Å². The predicted octanol–water partition coefficient (Wildman–Crippen LogP) is 3.95. The van der Waals surface area contributed by atoms with E-state index in [2.05, 4.69) is 0 Å². The number of carbonyl (C=O) groups excluding carboxylic acids is 2. The summed E-state index contributed by atoms with van der Waals surface area (Å²) in [5.41, 5.74) is 1.54. The van der Waals surface area contributed by atoms with Crippen LogP contribution >= 0.6 is 11.8 Å². The van der Waals surface area contributed by atoms with Gasteiger partial charge in [-0.25, -0.2) is 0 Å². The smallest absolute Gasteiger partial charge is 0.308 e. The Morgan fingerprint density at radius 1 is 1.13 bits per heavy atom. The summed E-state index contributed by atoms with van der Waals surface area (Å²) < 4.78 is 10.3. The zero-order valence-corrected chi connectivity index (χ0v) is 13.5. The number of allylic oxidation sites excluding steroid dienone is 1. The van der Waals surface area contributed by atoms with Crippen LogP contribution in [-0.2, 0) is 4.79 Å². The fraction of sp³-hybridized carbons (Fsp3) is 0.111. The number of rotatable bonds is 3. The molecule has 0 saturated carbocycles. The van der Waals surface area contributed by atoms with E-state index >= 15 is 0 Å². The molecule has 1 aliphatic rings. The second-order valence-electron chi connectivity index (χ2n) is 4.94. The Balaban J connectivity index is 1.92. The van der Waals surface area contributed by atoms with Crippen molar-refractivity contribution in [3.8, 4) is 11.5 Å². The highest BCUT2D eigenvalue weighted by molar-refractivity contribution is 8.04. The number of ether oxygens (including phenoxy) is 2. The highest BCUT2D eigenvalue weighted by Gasteiger charge is 2.25. The molecule has 5 heteroatoms. The first-order valence-electron chi connectivity index (χ1n) is 6.98. The van der Waals surface area contributed by atoms with Crippen LogP contribution in [0.1, 0.15) is 22.8 Å². The summed E-state index contributed by atoms with van der Waals surface area (Å²) in [4.78, 5) is 25.1. The van der Waals surface area contributed by atoms with Gasteiger partial charge in [-0.2, -0.15) is 0 Å². The summed E-state index contributed by atoms with van der Waals surface area (Å²) in [6.45, 7) is 1.33. The van der Waals surface area contributed by atoms with E-state index in [0.29, 0.717) is 16.4 Å². The number of thioether (sulfide) groups is 1. The zero-order valence-electron chi connectivity index (χ0n) is 12.7. The molecule has 0 fully saturated rings. The third-order valence-corrected chi connectivity index (χ3v) is 4.41. The third kappa shape index (κ3) is 3.14. The van der Waals surface area contributed by atoms with Gasteiger partial charge in [0.2, 0.25) is 5.78 Å². The monoisotopic (exact) mass is 326 g/mol. The Labute approximate surface area is 138 Å². The number of benzene rings is 2. The minimum absolute atomic E-state index is 0.0219. The highest BCUT2D eigenvalue weighted by atomic mass is 32.2. The van der Waals surface area contributed by atoms with Crippen molar-refractivity contribution in [3.63, 3.8) is 0 Å². The first-order chi connectivity index (χ1) is 11.1. The van der Waals surface area contributed by atoms with E-state index in [1.165, 1.54) is 25.8 Å². The molecule has 0 N–H and O–H groups in total. The molecule has 0 saturated heterocycles. The summed E-state index contributed by atoms with van der Waals surface area (Å²) >= 11 is 1.45. The topological polar surface area (TPSA) is 52.6 Å². The van der Waals surface area contributed by atoms with Gasteiger partial charge in [-0.3, -0.25) is 9.59 Å². The first kappa shape index (κ1) is 15.4. The van der Waals surface area contributed by atoms with Gasteiger partial charge in [-0.1, -0.05) is 30.0 Å². The maximum Gasteiger partial charge on any atom is 0.308 e. The van der Waals surface area contributed by atoms with Crippen LogP contribution in [0.4, 0.5) is 0 Å². The second kappa shape index (κ2) is 6.30.